The van der Waals surface area contributed by atoms with E-state index >= 15 is 0 Å². The molecule has 0 unspecified atom stereocenters. The Balaban J connectivity index is 1.67. The van der Waals surface area contributed by atoms with Crippen molar-refractivity contribution in [3.05, 3.63) is 65.0 Å². The zero-order chi connectivity index (χ0) is 22.8. The van der Waals surface area contributed by atoms with Gasteiger partial charge in [-0.15, -0.1) is 0 Å². The summed E-state index contributed by atoms with van der Waals surface area (Å²) in [5, 5.41) is -0.449. The van der Waals surface area contributed by atoms with Gasteiger partial charge in [0.25, 0.3) is 0 Å². The van der Waals surface area contributed by atoms with Gasteiger partial charge in [0, 0.05) is 25.1 Å². The summed E-state index contributed by atoms with van der Waals surface area (Å²) in [5.74, 6) is -0.537. The highest BCUT2D eigenvalue weighted by Gasteiger charge is 2.24. The van der Waals surface area contributed by atoms with E-state index in [1.807, 2.05) is 18.7 Å². The fraction of sp³-hybridized carbons (Fsp3) is 0.458. The van der Waals surface area contributed by atoms with Crippen LogP contribution in [0.15, 0.2) is 42.5 Å². The average Bonchev–Trinajstić information content (AvgIpc) is 2.67. The highest BCUT2D eigenvalue weighted by atomic mass is 32.2. The van der Waals surface area contributed by atoms with Gasteiger partial charge in [0.2, 0.25) is 0 Å². The summed E-state index contributed by atoms with van der Waals surface area (Å²) in [6.45, 7) is 8.49. The summed E-state index contributed by atoms with van der Waals surface area (Å²) < 4.78 is 44.6. The lowest BCUT2D eigenvalue weighted by atomic mass is 10.0. The standard InChI is InChI=1S/C24H30FNO4S/c1-16(2)31(28,29)15-19-5-8-21(9-6-19)24(27)12-20-7-10-23(22(25)11-20)26-13-17(3)30-18(4)14-26/h5-11,16-18H,12-15H2,1-4H3/t17-,18+. The van der Waals surface area contributed by atoms with Gasteiger partial charge in [-0.2, -0.15) is 0 Å². The summed E-state index contributed by atoms with van der Waals surface area (Å²) >= 11 is 0. The van der Waals surface area contributed by atoms with E-state index in [1.165, 1.54) is 6.07 Å². The maximum atomic E-state index is 14.8. The van der Waals surface area contributed by atoms with Gasteiger partial charge >= 0.3 is 0 Å². The zero-order valence-electron chi connectivity index (χ0n) is 18.5. The van der Waals surface area contributed by atoms with Crippen LogP contribution in [0, 0.1) is 5.82 Å². The molecule has 1 aliphatic heterocycles. The number of rotatable bonds is 7. The van der Waals surface area contributed by atoms with E-state index in [2.05, 4.69) is 0 Å². The quantitative estimate of drug-likeness (QED) is 0.596. The first-order valence-electron chi connectivity index (χ1n) is 10.6. The number of hydrogen-bond acceptors (Lipinski definition) is 5. The van der Waals surface area contributed by atoms with Gasteiger partial charge in [0.15, 0.2) is 15.6 Å². The lowest BCUT2D eigenvalue weighted by Crippen LogP contribution is -2.45. The number of carbonyl (C=O) groups excluding carboxylic acids is 1. The van der Waals surface area contributed by atoms with E-state index in [0.717, 1.165) is 0 Å². The van der Waals surface area contributed by atoms with E-state index in [-0.39, 0.29) is 36.0 Å². The molecule has 5 nitrogen and oxygen atoms in total. The van der Waals surface area contributed by atoms with E-state index in [9.17, 15) is 17.6 Å². The Morgan fingerprint density at radius 3 is 2.19 bits per heavy atom. The first-order valence-corrected chi connectivity index (χ1v) is 12.3. The van der Waals surface area contributed by atoms with Crippen molar-refractivity contribution in [2.75, 3.05) is 18.0 Å². The minimum Gasteiger partial charge on any atom is -0.372 e. The summed E-state index contributed by atoms with van der Waals surface area (Å²) in [5.41, 5.74) is 2.25. The molecule has 0 amide bonds. The number of morpholine rings is 1. The van der Waals surface area contributed by atoms with Crippen LogP contribution in [0.1, 0.15) is 49.2 Å². The maximum absolute atomic E-state index is 14.8. The summed E-state index contributed by atoms with van der Waals surface area (Å²) in [6, 6.07) is 11.5. The van der Waals surface area contributed by atoms with Gasteiger partial charge in [-0.1, -0.05) is 30.3 Å². The van der Waals surface area contributed by atoms with Crippen molar-refractivity contribution < 1.29 is 22.3 Å². The summed E-state index contributed by atoms with van der Waals surface area (Å²) in [7, 11) is -3.20. The van der Waals surface area contributed by atoms with Crippen LogP contribution in [-0.4, -0.2) is 44.7 Å². The highest BCUT2D eigenvalue weighted by molar-refractivity contribution is 7.91. The molecule has 0 aromatic heterocycles. The largest absolute Gasteiger partial charge is 0.372 e. The molecule has 0 N–H and O–H groups in total. The number of halogens is 1. The molecule has 2 aromatic carbocycles. The van der Waals surface area contributed by atoms with Crippen molar-refractivity contribution in [2.24, 2.45) is 0 Å². The van der Waals surface area contributed by atoms with Gasteiger partial charge < -0.3 is 9.64 Å². The molecule has 1 heterocycles. The Morgan fingerprint density at radius 1 is 1.06 bits per heavy atom. The van der Waals surface area contributed by atoms with Gasteiger partial charge in [0.05, 0.1) is 28.9 Å². The Morgan fingerprint density at radius 2 is 1.65 bits per heavy atom. The molecule has 0 bridgehead atoms. The van der Waals surface area contributed by atoms with Crippen molar-refractivity contribution in [3.8, 4) is 0 Å². The molecule has 7 heteroatoms. The number of sulfone groups is 1. The Hall–Kier alpha value is -2.25. The van der Waals surface area contributed by atoms with E-state index < -0.39 is 15.1 Å². The number of benzene rings is 2. The molecule has 1 aliphatic rings. The van der Waals surface area contributed by atoms with Crippen molar-refractivity contribution in [3.63, 3.8) is 0 Å². The Kier molecular flexibility index (Phi) is 7.17. The van der Waals surface area contributed by atoms with Crippen molar-refractivity contribution in [1.29, 1.82) is 0 Å². The highest BCUT2D eigenvalue weighted by Crippen LogP contribution is 2.25. The third-order valence-corrected chi connectivity index (χ3v) is 7.67. The molecule has 31 heavy (non-hydrogen) atoms. The maximum Gasteiger partial charge on any atom is 0.167 e. The molecule has 2 aromatic rings. The number of ether oxygens (including phenoxy) is 1. The van der Waals surface area contributed by atoms with Crippen LogP contribution in [0.25, 0.3) is 0 Å². The van der Waals surface area contributed by atoms with Crippen molar-refractivity contribution in [2.45, 2.75) is 57.3 Å². The van der Waals surface area contributed by atoms with Crippen LogP contribution in [0.5, 0.6) is 0 Å². The van der Waals surface area contributed by atoms with Crippen LogP contribution in [0.4, 0.5) is 10.1 Å². The minimum atomic E-state index is -3.20. The van der Waals surface area contributed by atoms with Gasteiger partial charge in [-0.05, 0) is 51.0 Å². The first-order chi connectivity index (χ1) is 14.5. The van der Waals surface area contributed by atoms with Gasteiger partial charge in [0.1, 0.15) is 5.82 Å². The van der Waals surface area contributed by atoms with Crippen LogP contribution in [-0.2, 0) is 26.7 Å². The summed E-state index contributed by atoms with van der Waals surface area (Å²) in [4.78, 5) is 14.6. The molecule has 0 saturated carbocycles. The first kappa shape index (κ1) is 23.4. The second-order valence-corrected chi connectivity index (χ2v) is 11.2. The van der Waals surface area contributed by atoms with E-state index in [1.54, 1.807) is 50.2 Å². The third-order valence-electron chi connectivity index (χ3n) is 5.50. The molecular formula is C24H30FNO4S. The normalized spacial score (nSPS) is 19.6. The zero-order valence-corrected chi connectivity index (χ0v) is 19.3. The Labute approximate surface area is 184 Å². The second kappa shape index (κ2) is 9.49. The van der Waals surface area contributed by atoms with E-state index in [4.69, 9.17) is 4.74 Å². The molecule has 0 radical (unpaired) electrons. The number of Topliss-reactive ketones (excluding diaryl/α,β-unsaturated/α-hetero) is 1. The van der Waals surface area contributed by atoms with Gasteiger partial charge in [-0.25, -0.2) is 12.8 Å². The fourth-order valence-electron chi connectivity index (χ4n) is 3.76. The molecule has 1 fully saturated rings. The topological polar surface area (TPSA) is 63.7 Å². The molecular weight excluding hydrogens is 417 g/mol. The predicted molar refractivity (Wildman–Crippen MR) is 121 cm³/mol. The second-order valence-electron chi connectivity index (χ2n) is 8.60. The third kappa shape index (κ3) is 5.92. The monoisotopic (exact) mass is 447 g/mol. The summed E-state index contributed by atoms with van der Waals surface area (Å²) in [6.07, 6.45) is 0.141. The van der Waals surface area contributed by atoms with Crippen molar-refractivity contribution in [1.82, 2.24) is 0 Å². The van der Waals surface area contributed by atoms with Gasteiger partial charge in [-0.3, -0.25) is 4.79 Å². The molecule has 2 atom stereocenters. The minimum absolute atomic E-state index is 0.0305. The number of anilines is 1. The smallest absolute Gasteiger partial charge is 0.167 e. The van der Waals surface area contributed by atoms with Crippen LogP contribution < -0.4 is 4.90 Å². The number of carbonyl (C=O) groups is 1. The van der Waals surface area contributed by atoms with Crippen LogP contribution in [0.3, 0.4) is 0 Å². The number of ketones is 1. The molecule has 168 valence electrons. The molecule has 0 spiro atoms. The lowest BCUT2D eigenvalue weighted by Gasteiger charge is -2.37. The average molecular weight is 448 g/mol. The fourth-order valence-corrected chi connectivity index (χ4v) is 4.76. The van der Waals surface area contributed by atoms with Crippen LogP contribution in [0.2, 0.25) is 0 Å². The van der Waals surface area contributed by atoms with E-state index in [0.29, 0.717) is 35.5 Å². The Bertz CT molecular complexity index is 1020. The molecule has 0 aliphatic carbocycles. The molecule has 1 saturated heterocycles. The van der Waals surface area contributed by atoms with Crippen molar-refractivity contribution >= 4 is 21.3 Å². The number of nitrogens with zero attached hydrogens (tertiary/aromatic N) is 1. The lowest BCUT2D eigenvalue weighted by molar-refractivity contribution is -0.00539. The SMILES string of the molecule is CC(C)S(=O)(=O)Cc1ccc(C(=O)Cc2ccc(N3C[C@@H](C)O[C@@H](C)C3)c(F)c2)cc1. The van der Waals surface area contributed by atoms with Crippen LogP contribution >= 0.6 is 0 Å². The molecule has 3 rings (SSSR count). The number of hydrogen-bond donors (Lipinski definition) is 0. The predicted octanol–water partition coefficient (Wildman–Crippen LogP) is 4.19.